The van der Waals surface area contributed by atoms with Crippen LogP contribution in [-0.4, -0.2) is 46.8 Å². The molecule has 0 unspecified atom stereocenters. The average molecular weight is 566 g/mol. The van der Waals surface area contributed by atoms with E-state index in [1.165, 1.54) is 22.7 Å². The lowest BCUT2D eigenvalue weighted by Gasteiger charge is -2.20. The van der Waals surface area contributed by atoms with Crippen molar-refractivity contribution in [1.82, 2.24) is 15.3 Å². The van der Waals surface area contributed by atoms with Gasteiger partial charge in [0.1, 0.15) is 9.75 Å². The molecular weight excluding hydrogens is 526 g/mol. The fourth-order valence-corrected chi connectivity index (χ4v) is 5.70. The Morgan fingerprint density at radius 3 is 2.13 bits per heavy atom. The van der Waals surface area contributed by atoms with Crippen LogP contribution in [0.5, 0.6) is 0 Å². The third kappa shape index (κ3) is 9.54. The smallest absolute Gasteiger partial charge is 0.263 e. The first-order chi connectivity index (χ1) is 17.9. The van der Waals surface area contributed by atoms with E-state index in [1.54, 1.807) is 0 Å². The van der Waals surface area contributed by atoms with Crippen molar-refractivity contribution in [2.45, 2.75) is 65.0 Å². The van der Waals surface area contributed by atoms with Gasteiger partial charge in [0.2, 0.25) is 0 Å². The van der Waals surface area contributed by atoms with Gasteiger partial charge in [-0.1, -0.05) is 13.8 Å². The van der Waals surface area contributed by atoms with Crippen LogP contribution in [0.1, 0.15) is 92.4 Å². The van der Waals surface area contributed by atoms with Crippen LogP contribution in [0.2, 0.25) is 0 Å². The van der Waals surface area contributed by atoms with Gasteiger partial charge in [-0.15, -0.1) is 22.7 Å². The molecule has 0 saturated heterocycles. The van der Waals surface area contributed by atoms with E-state index >= 15 is 0 Å². The molecule has 210 valence electrons. The summed E-state index contributed by atoms with van der Waals surface area (Å²) in [5, 5.41) is 4.51. The molecule has 2 rings (SSSR count). The molecule has 0 bridgehead atoms. The minimum Gasteiger partial charge on any atom is -0.370 e. The third-order valence-electron chi connectivity index (χ3n) is 5.39. The van der Waals surface area contributed by atoms with Gasteiger partial charge in [0.05, 0.1) is 27.4 Å². The normalized spacial score (nSPS) is 12.7. The van der Waals surface area contributed by atoms with Gasteiger partial charge in [0.15, 0.2) is 11.9 Å². The molecule has 2 amide bonds. The van der Waals surface area contributed by atoms with E-state index in [0.29, 0.717) is 66.3 Å². The van der Waals surface area contributed by atoms with Crippen LogP contribution in [0.3, 0.4) is 0 Å². The van der Waals surface area contributed by atoms with Gasteiger partial charge in [-0.2, -0.15) is 0 Å². The van der Waals surface area contributed by atoms with E-state index in [0.717, 1.165) is 10.0 Å². The number of aromatic nitrogens is 2. The summed E-state index contributed by atoms with van der Waals surface area (Å²) in [5.74, 6) is -0.669. The molecule has 13 N–H and O–H groups in total. The van der Waals surface area contributed by atoms with E-state index < -0.39 is 18.0 Å². The highest BCUT2D eigenvalue weighted by Crippen LogP contribution is 2.31. The van der Waals surface area contributed by atoms with Crippen molar-refractivity contribution in [2.24, 2.45) is 50.3 Å². The molecule has 0 saturated carbocycles. The number of carbonyl (C=O) groups is 2. The number of hydrogen-bond donors (Lipinski definition) is 7. The highest BCUT2D eigenvalue weighted by Gasteiger charge is 2.29. The van der Waals surface area contributed by atoms with Crippen molar-refractivity contribution in [3.63, 3.8) is 0 Å². The molecule has 2 aromatic heterocycles. The van der Waals surface area contributed by atoms with Crippen molar-refractivity contribution in [3.8, 4) is 0 Å². The second-order valence-corrected chi connectivity index (χ2v) is 11.5. The second-order valence-electron chi connectivity index (χ2n) is 9.25. The van der Waals surface area contributed by atoms with E-state index in [-0.39, 0.29) is 23.7 Å². The summed E-state index contributed by atoms with van der Waals surface area (Å²) in [5.41, 5.74) is 34.6. The molecule has 2 aromatic rings. The van der Waals surface area contributed by atoms with Gasteiger partial charge in [0.25, 0.3) is 11.8 Å². The van der Waals surface area contributed by atoms with Gasteiger partial charge in [0, 0.05) is 25.6 Å². The lowest BCUT2D eigenvalue weighted by molar-refractivity contribution is 0.0928. The fourth-order valence-electron chi connectivity index (χ4n) is 3.78. The number of primary amides is 1. The Hall–Kier alpha value is -3.30. The maximum atomic E-state index is 13.5. The van der Waals surface area contributed by atoms with Crippen LogP contribution >= 0.6 is 22.7 Å². The summed E-state index contributed by atoms with van der Waals surface area (Å²) >= 11 is 2.49. The number of rotatable bonds is 15. The summed E-state index contributed by atoms with van der Waals surface area (Å²) in [6, 6.07) is -0.989. The molecule has 0 aromatic carbocycles. The topological polar surface area (TPSA) is 253 Å². The summed E-state index contributed by atoms with van der Waals surface area (Å²) in [6.07, 6.45) is 2.96. The van der Waals surface area contributed by atoms with Crippen molar-refractivity contribution in [1.29, 1.82) is 0 Å². The summed E-state index contributed by atoms with van der Waals surface area (Å²) < 4.78 is 0. The van der Waals surface area contributed by atoms with Crippen molar-refractivity contribution in [3.05, 3.63) is 31.2 Å². The summed E-state index contributed by atoms with van der Waals surface area (Å²) in [4.78, 5) is 43.7. The fraction of sp³-hybridized carbons (Fsp3) is 0.565. The van der Waals surface area contributed by atoms with Crippen LogP contribution < -0.4 is 39.7 Å². The molecule has 15 heteroatoms. The standard InChI is InChI=1S/C23H39N11O2S2/c1-11(2)10-14(17-18(20(25)35)38-15(34-17)7-5-9-31-23(28)29)33-21(36)19-16(32-12(3)37-19)13(24)6-4-8-30-22(26)27/h11,13-14H,4-10,24H2,1-3H3,(H2,25,35)(H,33,36)(H4,26,27,30)(H4,28,29,31)/t13-,14-/m0/s1. The second kappa shape index (κ2) is 14.6. The van der Waals surface area contributed by atoms with Gasteiger partial charge >= 0.3 is 0 Å². The Kier molecular flexibility index (Phi) is 11.9. The maximum absolute atomic E-state index is 13.5. The number of nitrogens with one attached hydrogen (secondary N) is 1. The lowest BCUT2D eigenvalue weighted by Crippen LogP contribution is -2.32. The highest BCUT2D eigenvalue weighted by molar-refractivity contribution is 7.14. The third-order valence-corrected chi connectivity index (χ3v) is 7.52. The zero-order valence-corrected chi connectivity index (χ0v) is 23.7. The quantitative estimate of drug-likeness (QED) is 0.0913. The number of carbonyl (C=O) groups excluding carboxylic acids is 2. The number of guanidine groups is 2. The first-order valence-electron chi connectivity index (χ1n) is 12.3. The van der Waals surface area contributed by atoms with E-state index in [1.807, 2.05) is 20.8 Å². The monoisotopic (exact) mass is 565 g/mol. The molecule has 38 heavy (non-hydrogen) atoms. The highest BCUT2D eigenvalue weighted by atomic mass is 32.1. The predicted octanol–water partition coefficient (Wildman–Crippen LogP) is 0.784. The molecule has 2 heterocycles. The average Bonchev–Trinajstić information content (AvgIpc) is 3.42. The number of nitrogens with two attached hydrogens (primary N) is 6. The molecular formula is C23H39N11O2S2. The Morgan fingerprint density at radius 1 is 0.921 bits per heavy atom. The summed E-state index contributed by atoms with van der Waals surface area (Å²) in [6.45, 7) is 6.75. The van der Waals surface area contributed by atoms with Crippen LogP contribution in [0, 0.1) is 12.8 Å². The zero-order valence-electron chi connectivity index (χ0n) is 22.1. The minimum absolute atomic E-state index is 0.0218. The van der Waals surface area contributed by atoms with Gasteiger partial charge < -0.3 is 39.7 Å². The number of aryl methyl sites for hydroxylation is 2. The Bertz CT molecular complexity index is 1150. The number of amides is 2. The first kappa shape index (κ1) is 30.9. The van der Waals surface area contributed by atoms with E-state index in [9.17, 15) is 9.59 Å². The van der Waals surface area contributed by atoms with Crippen molar-refractivity contribution >= 4 is 46.4 Å². The molecule has 0 aliphatic heterocycles. The molecule has 13 nitrogen and oxygen atoms in total. The number of aliphatic imine (C=N–C) groups is 2. The number of hydrogen-bond acceptors (Lipinski definition) is 9. The van der Waals surface area contributed by atoms with E-state index in [2.05, 4.69) is 20.3 Å². The van der Waals surface area contributed by atoms with Gasteiger partial charge in [-0.05, 0) is 38.5 Å². The maximum Gasteiger partial charge on any atom is 0.263 e. The predicted molar refractivity (Wildman–Crippen MR) is 153 cm³/mol. The largest absolute Gasteiger partial charge is 0.370 e. The molecule has 0 aliphatic carbocycles. The van der Waals surface area contributed by atoms with Crippen LogP contribution in [0.4, 0.5) is 0 Å². The van der Waals surface area contributed by atoms with Gasteiger partial charge in [-0.3, -0.25) is 19.6 Å². The summed E-state index contributed by atoms with van der Waals surface area (Å²) in [7, 11) is 0. The molecule has 0 aliphatic rings. The van der Waals surface area contributed by atoms with Crippen LogP contribution in [0.25, 0.3) is 0 Å². The van der Waals surface area contributed by atoms with Gasteiger partial charge in [-0.25, -0.2) is 9.97 Å². The zero-order chi connectivity index (χ0) is 28.4. The Morgan fingerprint density at radius 2 is 1.55 bits per heavy atom. The Balaban J connectivity index is 2.27. The lowest BCUT2D eigenvalue weighted by atomic mass is 9.99. The number of thiazole rings is 2. The minimum atomic E-state index is -0.590. The molecule has 0 radical (unpaired) electrons. The first-order valence-corrected chi connectivity index (χ1v) is 14.0. The Labute approximate surface area is 230 Å². The van der Waals surface area contributed by atoms with Crippen molar-refractivity contribution < 1.29 is 9.59 Å². The SMILES string of the molecule is Cc1nc([C@@H](N)CCCN=C(N)N)c(C(=O)N[C@@H](CC(C)C)c2nc(CCCN=C(N)N)sc2C(N)=O)s1. The van der Waals surface area contributed by atoms with Crippen LogP contribution in [0.15, 0.2) is 9.98 Å². The molecule has 0 fully saturated rings. The van der Waals surface area contributed by atoms with Crippen LogP contribution in [-0.2, 0) is 6.42 Å². The van der Waals surface area contributed by atoms with E-state index in [4.69, 9.17) is 39.4 Å². The molecule has 0 spiro atoms. The van der Waals surface area contributed by atoms with Crippen molar-refractivity contribution in [2.75, 3.05) is 13.1 Å². The molecule has 2 atom stereocenters. The number of nitrogens with zero attached hydrogens (tertiary/aromatic N) is 4.